The van der Waals surface area contributed by atoms with Gasteiger partial charge in [0.2, 0.25) is 0 Å². The van der Waals surface area contributed by atoms with Gasteiger partial charge in [0.25, 0.3) is 0 Å². The first kappa shape index (κ1) is 20.0. The van der Waals surface area contributed by atoms with Crippen LogP contribution < -0.4 is 5.32 Å². The second kappa shape index (κ2) is 8.85. The van der Waals surface area contributed by atoms with E-state index in [4.69, 9.17) is 4.74 Å². The Labute approximate surface area is 156 Å². The molecule has 0 saturated carbocycles. The van der Waals surface area contributed by atoms with Gasteiger partial charge >= 0.3 is 0 Å². The van der Waals surface area contributed by atoms with Crippen molar-refractivity contribution in [3.63, 3.8) is 0 Å². The average Bonchev–Trinajstić information content (AvgIpc) is 3.07. The molecule has 2 aromatic rings. The Kier molecular flexibility index (Phi) is 6.80. The highest BCUT2D eigenvalue weighted by Crippen LogP contribution is 2.21. The van der Waals surface area contributed by atoms with E-state index in [1.165, 1.54) is 0 Å². The monoisotopic (exact) mass is 357 g/mol. The lowest BCUT2D eigenvalue weighted by molar-refractivity contribution is 0.0202. The third-order valence-electron chi connectivity index (χ3n) is 4.37. The van der Waals surface area contributed by atoms with Crippen LogP contribution in [0.4, 0.5) is 0 Å². The third-order valence-corrected chi connectivity index (χ3v) is 4.37. The minimum Gasteiger partial charge on any atom is -0.379 e. The molecule has 6 nitrogen and oxygen atoms in total. The molecule has 2 rings (SSSR count). The van der Waals surface area contributed by atoms with Gasteiger partial charge in [0.15, 0.2) is 5.96 Å². The van der Waals surface area contributed by atoms with Crippen LogP contribution in [-0.4, -0.2) is 54.7 Å². The van der Waals surface area contributed by atoms with Crippen LogP contribution in [0.1, 0.15) is 26.6 Å². The fourth-order valence-corrected chi connectivity index (χ4v) is 2.82. The first-order valence-corrected chi connectivity index (χ1v) is 8.89. The van der Waals surface area contributed by atoms with Crippen LogP contribution in [0.3, 0.4) is 0 Å². The average molecular weight is 358 g/mol. The minimum absolute atomic E-state index is 0.0603. The van der Waals surface area contributed by atoms with Crippen LogP contribution in [0.25, 0.3) is 11.3 Å². The normalized spacial score (nSPS) is 13.5. The van der Waals surface area contributed by atoms with Crippen molar-refractivity contribution < 1.29 is 4.74 Å². The van der Waals surface area contributed by atoms with Crippen LogP contribution in [0, 0.1) is 5.41 Å². The summed E-state index contributed by atoms with van der Waals surface area (Å²) in [6.45, 7) is 7.85. The topological polar surface area (TPSA) is 65.5 Å². The molecule has 0 radical (unpaired) electrons. The van der Waals surface area contributed by atoms with Crippen LogP contribution >= 0.6 is 0 Å². The molecular weight excluding hydrogens is 326 g/mol. The summed E-state index contributed by atoms with van der Waals surface area (Å²) in [6.07, 6.45) is 1.97. The lowest BCUT2D eigenvalue weighted by atomic mass is 9.89. The molecule has 1 atom stereocenters. The number of ether oxygens (including phenoxy) is 1. The lowest BCUT2D eigenvalue weighted by Crippen LogP contribution is -2.45. The summed E-state index contributed by atoms with van der Waals surface area (Å²) in [5.74, 6) is 1.71. The fourth-order valence-electron chi connectivity index (χ4n) is 2.82. The minimum atomic E-state index is 0.0603. The number of rotatable bonds is 6. The second-order valence-electron chi connectivity index (χ2n) is 7.48. The predicted molar refractivity (Wildman–Crippen MR) is 107 cm³/mol. The van der Waals surface area contributed by atoms with Crippen molar-refractivity contribution in [2.45, 2.75) is 33.4 Å². The number of aromatic amines is 1. The van der Waals surface area contributed by atoms with Crippen molar-refractivity contribution in [1.29, 1.82) is 0 Å². The number of guanidine groups is 1. The lowest BCUT2D eigenvalue weighted by Gasteiger charge is -2.31. The molecular formula is C20H31N5O. The molecule has 142 valence electrons. The number of nitrogens with one attached hydrogen (secondary N) is 2. The number of aromatic nitrogens is 2. The molecule has 0 aliphatic rings. The molecule has 0 fully saturated rings. The van der Waals surface area contributed by atoms with Gasteiger partial charge in [0, 0.05) is 27.7 Å². The van der Waals surface area contributed by atoms with Crippen LogP contribution in [0.15, 0.2) is 41.5 Å². The molecule has 0 amide bonds. The zero-order valence-electron chi connectivity index (χ0n) is 16.7. The summed E-state index contributed by atoms with van der Waals surface area (Å²) >= 11 is 0. The maximum absolute atomic E-state index is 5.61. The molecule has 26 heavy (non-hydrogen) atoms. The van der Waals surface area contributed by atoms with E-state index in [9.17, 15) is 0 Å². The molecule has 0 spiro atoms. The first-order valence-electron chi connectivity index (χ1n) is 8.89. The summed E-state index contributed by atoms with van der Waals surface area (Å²) in [5, 5.41) is 3.39. The summed E-state index contributed by atoms with van der Waals surface area (Å²) in [7, 11) is 5.53. The highest BCUT2D eigenvalue weighted by molar-refractivity contribution is 5.79. The largest absolute Gasteiger partial charge is 0.379 e. The first-order chi connectivity index (χ1) is 12.3. The molecule has 1 aromatic heterocycles. The van der Waals surface area contributed by atoms with Crippen LogP contribution in [-0.2, 0) is 11.3 Å². The summed E-state index contributed by atoms with van der Waals surface area (Å²) in [5.41, 5.74) is 2.21. The Morgan fingerprint density at radius 1 is 1.31 bits per heavy atom. The van der Waals surface area contributed by atoms with E-state index in [1.807, 2.05) is 36.3 Å². The number of hydrogen-bond donors (Lipinski definition) is 2. The number of hydrogen-bond acceptors (Lipinski definition) is 3. The maximum Gasteiger partial charge on any atom is 0.193 e. The number of benzene rings is 1. The van der Waals surface area contributed by atoms with Gasteiger partial charge in [-0.3, -0.25) is 4.99 Å². The van der Waals surface area contributed by atoms with Gasteiger partial charge in [-0.05, 0) is 11.0 Å². The number of imidazole rings is 1. The highest BCUT2D eigenvalue weighted by atomic mass is 16.5. The van der Waals surface area contributed by atoms with E-state index >= 15 is 0 Å². The van der Waals surface area contributed by atoms with E-state index in [0.717, 1.165) is 23.0 Å². The van der Waals surface area contributed by atoms with Gasteiger partial charge in [-0.25, -0.2) is 4.98 Å². The van der Waals surface area contributed by atoms with Crippen molar-refractivity contribution in [3.8, 4) is 11.3 Å². The number of nitrogens with zero attached hydrogens (tertiary/aromatic N) is 3. The molecule has 0 aliphatic heterocycles. The zero-order chi connectivity index (χ0) is 19.2. The fraction of sp³-hybridized carbons (Fsp3) is 0.500. The van der Waals surface area contributed by atoms with Gasteiger partial charge in [-0.2, -0.15) is 0 Å². The SMILES string of the molecule is CN=C(NCC(OC)C(C)(C)C)N(C)Cc1ncc(-c2ccccc2)[nH]1. The van der Waals surface area contributed by atoms with E-state index in [2.05, 4.69) is 53.2 Å². The van der Waals surface area contributed by atoms with E-state index < -0.39 is 0 Å². The summed E-state index contributed by atoms with van der Waals surface area (Å²) in [6, 6.07) is 10.2. The molecule has 6 heteroatoms. The van der Waals surface area contributed by atoms with Crippen molar-refractivity contribution >= 4 is 5.96 Å². The van der Waals surface area contributed by atoms with Crippen molar-refractivity contribution in [1.82, 2.24) is 20.2 Å². The Bertz CT molecular complexity index is 702. The van der Waals surface area contributed by atoms with E-state index in [-0.39, 0.29) is 11.5 Å². The maximum atomic E-state index is 5.61. The zero-order valence-corrected chi connectivity index (χ0v) is 16.7. The van der Waals surface area contributed by atoms with Crippen molar-refractivity contribution in [3.05, 3.63) is 42.4 Å². The highest BCUT2D eigenvalue weighted by Gasteiger charge is 2.24. The molecule has 1 unspecified atom stereocenters. The Morgan fingerprint density at radius 2 is 2.00 bits per heavy atom. The van der Waals surface area contributed by atoms with Gasteiger partial charge in [-0.1, -0.05) is 51.1 Å². The predicted octanol–water partition coefficient (Wildman–Crippen LogP) is 3.15. The number of H-pyrrole nitrogens is 1. The third kappa shape index (κ3) is 5.33. The number of methoxy groups -OCH3 is 1. The summed E-state index contributed by atoms with van der Waals surface area (Å²) < 4.78 is 5.61. The van der Waals surface area contributed by atoms with Gasteiger partial charge in [0.1, 0.15) is 5.82 Å². The quantitative estimate of drug-likeness (QED) is 0.616. The summed E-state index contributed by atoms with van der Waals surface area (Å²) in [4.78, 5) is 14.3. The van der Waals surface area contributed by atoms with E-state index in [1.54, 1.807) is 14.2 Å². The molecule has 1 aromatic carbocycles. The molecule has 0 aliphatic carbocycles. The smallest absolute Gasteiger partial charge is 0.193 e. The Morgan fingerprint density at radius 3 is 2.58 bits per heavy atom. The second-order valence-corrected chi connectivity index (χ2v) is 7.48. The molecule has 0 saturated heterocycles. The number of aliphatic imine (C=N–C) groups is 1. The van der Waals surface area contributed by atoms with E-state index in [0.29, 0.717) is 13.1 Å². The van der Waals surface area contributed by atoms with Gasteiger partial charge in [-0.15, -0.1) is 0 Å². The Balaban J connectivity index is 1.97. The van der Waals surface area contributed by atoms with Gasteiger partial charge < -0.3 is 19.9 Å². The van der Waals surface area contributed by atoms with Gasteiger partial charge in [0.05, 0.1) is 24.5 Å². The molecule has 1 heterocycles. The molecule has 0 bridgehead atoms. The standard InChI is InChI=1S/C20H31N5O/c1-20(2,3)17(26-6)13-23-19(21-4)25(5)14-18-22-12-16(24-18)15-10-8-7-9-11-15/h7-12,17H,13-14H2,1-6H3,(H,21,23)(H,22,24). The van der Waals surface area contributed by atoms with Crippen molar-refractivity contribution in [2.24, 2.45) is 10.4 Å². The Hall–Kier alpha value is -2.34. The molecule has 2 N–H and O–H groups in total. The van der Waals surface area contributed by atoms with Crippen LogP contribution in [0.2, 0.25) is 0 Å². The van der Waals surface area contributed by atoms with Crippen LogP contribution in [0.5, 0.6) is 0 Å². The van der Waals surface area contributed by atoms with Crippen molar-refractivity contribution in [2.75, 3.05) is 27.7 Å².